The second-order valence-corrected chi connectivity index (χ2v) is 6.41. The highest BCUT2D eigenvalue weighted by molar-refractivity contribution is 7.89. The van der Waals surface area contributed by atoms with E-state index in [1.54, 1.807) is 22.5 Å². The average molecular weight is 254 g/mol. The van der Waals surface area contributed by atoms with Gasteiger partial charge < -0.3 is 5.73 Å². The van der Waals surface area contributed by atoms with Crippen LogP contribution in [0.4, 0.5) is 0 Å². The van der Waals surface area contributed by atoms with Gasteiger partial charge in [-0.05, 0) is 37.5 Å². The lowest BCUT2D eigenvalue weighted by molar-refractivity contribution is 0.477. The minimum atomic E-state index is -3.32. The van der Waals surface area contributed by atoms with Crippen molar-refractivity contribution in [2.24, 2.45) is 5.73 Å². The Hall–Kier alpha value is -0.910. The van der Waals surface area contributed by atoms with E-state index in [0.29, 0.717) is 18.0 Å². The fourth-order valence-corrected chi connectivity index (χ4v) is 3.61. The Morgan fingerprint density at radius 1 is 1.29 bits per heavy atom. The molecule has 0 bridgehead atoms. The van der Waals surface area contributed by atoms with Crippen molar-refractivity contribution in [2.45, 2.75) is 30.7 Å². The fourth-order valence-electron chi connectivity index (χ4n) is 2.04. The number of nitrogens with zero attached hydrogens (tertiary/aromatic N) is 1. The Balaban J connectivity index is 2.35. The van der Waals surface area contributed by atoms with Crippen molar-refractivity contribution in [3.05, 3.63) is 29.8 Å². The molecule has 1 unspecified atom stereocenters. The molecule has 1 aliphatic heterocycles. The van der Waals surface area contributed by atoms with Gasteiger partial charge in [0.15, 0.2) is 0 Å². The molecule has 0 radical (unpaired) electrons. The second kappa shape index (κ2) is 4.76. The van der Waals surface area contributed by atoms with Crippen LogP contribution in [0.2, 0.25) is 0 Å². The molecule has 4 nitrogen and oxygen atoms in total. The first-order chi connectivity index (χ1) is 8.01. The Morgan fingerprint density at radius 2 is 1.94 bits per heavy atom. The number of rotatable bonds is 3. The topological polar surface area (TPSA) is 63.4 Å². The van der Waals surface area contributed by atoms with E-state index in [1.165, 1.54) is 0 Å². The van der Waals surface area contributed by atoms with E-state index < -0.39 is 10.0 Å². The zero-order valence-electron chi connectivity index (χ0n) is 9.96. The van der Waals surface area contributed by atoms with Crippen molar-refractivity contribution in [1.82, 2.24) is 4.31 Å². The molecular weight excluding hydrogens is 236 g/mol. The van der Waals surface area contributed by atoms with Crippen LogP contribution in [0.1, 0.15) is 31.4 Å². The minimum absolute atomic E-state index is 0.149. The van der Waals surface area contributed by atoms with Gasteiger partial charge >= 0.3 is 0 Å². The van der Waals surface area contributed by atoms with Gasteiger partial charge in [-0.3, -0.25) is 0 Å². The quantitative estimate of drug-likeness (QED) is 0.889. The van der Waals surface area contributed by atoms with E-state index >= 15 is 0 Å². The van der Waals surface area contributed by atoms with Crippen LogP contribution in [-0.2, 0) is 10.0 Å². The SMILES string of the molecule is CC(N)c1cccc(S(=O)(=O)N2CCCC2)c1. The maximum atomic E-state index is 12.3. The van der Waals surface area contributed by atoms with Gasteiger partial charge in [-0.25, -0.2) is 8.42 Å². The van der Waals surface area contributed by atoms with Gasteiger partial charge in [-0.2, -0.15) is 4.31 Å². The van der Waals surface area contributed by atoms with Crippen LogP contribution in [0.3, 0.4) is 0 Å². The highest BCUT2D eigenvalue weighted by Crippen LogP contribution is 2.22. The summed E-state index contributed by atoms with van der Waals surface area (Å²) in [6, 6.07) is 6.77. The summed E-state index contributed by atoms with van der Waals surface area (Å²) in [5.41, 5.74) is 6.62. The Morgan fingerprint density at radius 3 is 2.53 bits per heavy atom. The van der Waals surface area contributed by atoms with Gasteiger partial charge in [-0.15, -0.1) is 0 Å². The molecule has 0 spiro atoms. The van der Waals surface area contributed by atoms with E-state index in [9.17, 15) is 8.42 Å². The summed E-state index contributed by atoms with van der Waals surface area (Å²) in [7, 11) is -3.32. The molecule has 1 atom stereocenters. The molecule has 17 heavy (non-hydrogen) atoms. The second-order valence-electron chi connectivity index (χ2n) is 4.47. The van der Waals surface area contributed by atoms with Crippen molar-refractivity contribution >= 4 is 10.0 Å². The predicted molar refractivity (Wildman–Crippen MR) is 67.0 cm³/mol. The average Bonchev–Trinajstić information content (AvgIpc) is 2.83. The van der Waals surface area contributed by atoms with Gasteiger partial charge in [0.1, 0.15) is 0 Å². The van der Waals surface area contributed by atoms with Crippen molar-refractivity contribution in [2.75, 3.05) is 13.1 Å². The number of hydrogen-bond acceptors (Lipinski definition) is 3. The highest BCUT2D eigenvalue weighted by atomic mass is 32.2. The molecule has 0 saturated carbocycles. The van der Waals surface area contributed by atoms with Gasteiger partial charge in [0.25, 0.3) is 0 Å². The number of nitrogens with two attached hydrogens (primary N) is 1. The summed E-state index contributed by atoms with van der Waals surface area (Å²) in [6.45, 7) is 3.11. The van der Waals surface area contributed by atoms with Crippen molar-refractivity contribution < 1.29 is 8.42 Å². The van der Waals surface area contributed by atoms with E-state index in [2.05, 4.69) is 0 Å². The van der Waals surface area contributed by atoms with Crippen LogP contribution in [0.15, 0.2) is 29.2 Å². The molecule has 1 saturated heterocycles. The summed E-state index contributed by atoms with van der Waals surface area (Å²) in [6.07, 6.45) is 1.90. The molecule has 1 fully saturated rings. The van der Waals surface area contributed by atoms with Crippen LogP contribution in [0, 0.1) is 0 Å². The van der Waals surface area contributed by atoms with Gasteiger partial charge in [0.2, 0.25) is 10.0 Å². The maximum absolute atomic E-state index is 12.3. The smallest absolute Gasteiger partial charge is 0.243 e. The van der Waals surface area contributed by atoms with Gasteiger partial charge in [-0.1, -0.05) is 12.1 Å². The molecule has 2 N–H and O–H groups in total. The van der Waals surface area contributed by atoms with E-state index in [4.69, 9.17) is 5.73 Å². The molecule has 0 amide bonds. The first-order valence-corrected chi connectivity index (χ1v) is 7.31. The molecule has 1 aromatic rings. The predicted octanol–water partition coefficient (Wildman–Crippen LogP) is 1.49. The Labute approximate surface area is 102 Å². The Bertz CT molecular complexity index is 491. The van der Waals surface area contributed by atoms with Crippen LogP contribution in [0.5, 0.6) is 0 Å². The molecule has 1 aliphatic rings. The zero-order valence-corrected chi connectivity index (χ0v) is 10.8. The summed E-state index contributed by atoms with van der Waals surface area (Å²) < 4.78 is 26.1. The zero-order chi connectivity index (χ0) is 12.5. The minimum Gasteiger partial charge on any atom is -0.324 e. The fraction of sp³-hybridized carbons (Fsp3) is 0.500. The molecule has 0 aromatic heterocycles. The number of hydrogen-bond donors (Lipinski definition) is 1. The van der Waals surface area contributed by atoms with Crippen molar-refractivity contribution in [3.63, 3.8) is 0 Å². The normalized spacial score (nSPS) is 19.4. The number of benzene rings is 1. The summed E-state index contributed by atoms with van der Waals surface area (Å²) in [4.78, 5) is 0.356. The lowest BCUT2D eigenvalue weighted by Gasteiger charge is -2.16. The lowest BCUT2D eigenvalue weighted by atomic mass is 10.1. The summed E-state index contributed by atoms with van der Waals surface area (Å²) >= 11 is 0. The lowest BCUT2D eigenvalue weighted by Crippen LogP contribution is -2.28. The highest BCUT2D eigenvalue weighted by Gasteiger charge is 2.27. The van der Waals surface area contributed by atoms with E-state index in [-0.39, 0.29) is 6.04 Å². The summed E-state index contributed by atoms with van der Waals surface area (Å²) in [5, 5.41) is 0. The molecule has 1 heterocycles. The standard InChI is InChI=1S/C12H18N2O2S/c1-10(13)11-5-4-6-12(9-11)17(15,16)14-7-2-3-8-14/h4-6,9-10H,2-3,7-8,13H2,1H3. The third-order valence-corrected chi connectivity index (χ3v) is 4.98. The molecule has 5 heteroatoms. The van der Waals surface area contributed by atoms with Crippen LogP contribution in [0.25, 0.3) is 0 Å². The monoisotopic (exact) mass is 254 g/mol. The third-order valence-electron chi connectivity index (χ3n) is 3.09. The van der Waals surface area contributed by atoms with Gasteiger partial charge in [0.05, 0.1) is 4.90 Å². The van der Waals surface area contributed by atoms with Crippen molar-refractivity contribution in [1.29, 1.82) is 0 Å². The van der Waals surface area contributed by atoms with Crippen LogP contribution >= 0.6 is 0 Å². The van der Waals surface area contributed by atoms with E-state index in [0.717, 1.165) is 18.4 Å². The number of sulfonamides is 1. The first kappa shape index (κ1) is 12.5. The summed E-state index contributed by atoms with van der Waals surface area (Å²) in [5.74, 6) is 0. The molecule has 2 rings (SSSR count). The van der Waals surface area contributed by atoms with Crippen molar-refractivity contribution in [3.8, 4) is 0 Å². The molecule has 0 aliphatic carbocycles. The van der Waals surface area contributed by atoms with Crippen LogP contribution in [-0.4, -0.2) is 25.8 Å². The van der Waals surface area contributed by atoms with Gasteiger partial charge in [0, 0.05) is 19.1 Å². The Kier molecular flexibility index (Phi) is 3.51. The third kappa shape index (κ3) is 2.51. The molecule has 1 aromatic carbocycles. The first-order valence-electron chi connectivity index (χ1n) is 5.87. The van der Waals surface area contributed by atoms with Crippen LogP contribution < -0.4 is 5.73 Å². The van der Waals surface area contributed by atoms with E-state index in [1.807, 2.05) is 13.0 Å². The largest absolute Gasteiger partial charge is 0.324 e. The molecular formula is C12H18N2O2S. The maximum Gasteiger partial charge on any atom is 0.243 e. The molecule has 94 valence electrons.